The Hall–Kier alpha value is -2.56. The summed E-state index contributed by atoms with van der Waals surface area (Å²) < 4.78 is 5.16. The van der Waals surface area contributed by atoms with Crippen LogP contribution in [0.15, 0.2) is 54.0 Å². The van der Waals surface area contributed by atoms with Gasteiger partial charge in [-0.05, 0) is 24.4 Å². The Balaban J connectivity index is 2.56. The van der Waals surface area contributed by atoms with Gasteiger partial charge in [-0.25, -0.2) is 4.79 Å². The van der Waals surface area contributed by atoms with Crippen molar-refractivity contribution in [2.24, 2.45) is 0 Å². The molecule has 0 spiro atoms. The Labute approximate surface area is 133 Å². The molecular formula is C16H15N3O2S. The van der Waals surface area contributed by atoms with Gasteiger partial charge in [-0.2, -0.15) is 0 Å². The number of carbonyl (C=O) groups excluding carboxylic acids is 1. The summed E-state index contributed by atoms with van der Waals surface area (Å²) in [4.78, 5) is 16.8. The van der Waals surface area contributed by atoms with E-state index in [2.05, 4.69) is 22.7 Å². The monoisotopic (exact) mass is 313 g/mol. The summed E-state index contributed by atoms with van der Waals surface area (Å²) in [5.74, 6) is 1.34. The molecule has 0 amide bonds. The van der Waals surface area contributed by atoms with Gasteiger partial charge in [0.2, 0.25) is 0 Å². The molecule has 0 saturated carbocycles. The summed E-state index contributed by atoms with van der Waals surface area (Å²) in [6.45, 7) is 5.40. The zero-order valence-electron chi connectivity index (χ0n) is 12.1. The van der Waals surface area contributed by atoms with E-state index in [1.807, 2.05) is 6.07 Å². The van der Waals surface area contributed by atoms with Crippen molar-refractivity contribution >= 4 is 29.0 Å². The average molecular weight is 313 g/mol. The van der Waals surface area contributed by atoms with Crippen molar-refractivity contribution < 1.29 is 9.53 Å². The summed E-state index contributed by atoms with van der Waals surface area (Å²) in [5, 5.41) is 10.4. The third kappa shape index (κ3) is 3.03. The molecule has 1 aliphatic rings. The zero-order chi connectivity index (χ0) is 16.1. The van der Waals surface area contributed by atoms with E-state index in [0.29, 0.717) is 21.8 Å². The van der Waals surface area contributed by atoms with Gasteiger partial charge in [0, 0.05) is 18.1 Å². The lowest BCUT2D eigenvalue weighted by molar-refractivity contribution is -0.138. The van der Waals surface area contributed by atoms with E-state index < -0.39 is 11.9 Å². The van der Waals surface area contributed by atoms with Gasteiger partial charge < -0.3 is 10.1 Å². The van der Waals surface area contributed by atoms with Crippen molar-refractivity contribution in [1.29, 1.82) is 5.41 Å². The fraction of sp³-hybridized carbons (Fsp3) is 0.188. The summed E-state index contributed by atoms with van der Waals surface area (Å²) in [6, 6.07) is 3.60. The topological polar surface area (TPSA) is 75.1 Å². The van der Waals surface area contributed by atoms with Crippen LogP contribution in [0.1, 0.15) is 18.4 Å². The normalized spacial score (nSPS) is 17.6. The van der Waals surface area contributed by atoms with E-state index in [9.17, 15) is 4.79 Å². The van der Waals surface area contributed by atoms with Gasteiger partial charge in [0.25, 0.3) is 0 Å². The number of allylic oxidation sites excluding steroid dienone is 1. The number of aromatic nitrogens is 1. The molecular weight excluding hydrogens is 298 g/mol. The molecule has 1 aliphatic heterocycles. The number of ether oxygens (including phenoxy) is 1. The number of rotatable bonds is 4. The lowest BCUT2D eigenvalue weighted by Gasteiger charge is -2.28. The molecule has 0 radical (unpaired) electrons. The van der Waals surface area contributed by atoms with Crippen LogP contribution in [0.4, 0.5) is 0 Å². The maximum absolute atomic E-state index is 12.4. The molecule has 1 aromatic rings. The molecule has 0 fully saturated rings. The second-order valence-electron chi connectivity index (χ2n) is 4.64. The van der Waals surface area contributed by atoms with Crippen LogP contribution in [-0.4, -0.2) is 28.4 Å². The van der Waals surface area contributed by atoms with Gasteiger partial charge in [-0.3, -0.25) is 10.4 Å². The minimum absolute atomic E-state index is 0.115. The third-order valence-electron chi connectivity index (χ3n) is 3.23. The van der Waals surface area contributed by atoms with Crippen LogP contribution in [0.25, 0.3) is 0 Å². The SMILES string of the molecule is C=CCOC(=O)C1=C(C)NC(=S)C(=C=N)C1c1cccnc1. The first-order valence-electron chi connectivity index (χ1n) is 6.59. The second kappa shape index (κ2) is 6.93. The van der Waals surface area contributed by atoms with Crippen LogP contribution < -0.4 is 5.32 Å². The van der Waals surface area contributed by atoms with Crippen molar-refractivity contribution in [2.45, 2.75) is 12.8 Å². The predicted molar refractivity (Wildman–Crippen MR) is 87.8 cm³/mol. The molecule has 2 heterocycles. The molecule has 0 aromatic carbocycles. The largest absolute Gasteiger partial charge is 0.458 e. The highest BCUT2D eigenvalue weighted by molar-refractivity contribution is 7.80. The van der Waals surface area contributed by atoms with Crippen molar-refractivity contribution in [3.8, 4) is 0 Å². The molecule has 22 heavy (non-hydrogen) atoms. The molecule has 6 heteroatoms. The van der Waals surface area contributed by atoms with Crippen LogP contribution in [-0.2, 0) is 9.53 Å². The number of nitrogens with one attached hydrogen (secondary N) is 2. The highest BCUT2D eigenvalue weighted by atomic mass is 32.1. The number of pyridine rings is 1. The Morgan fingerprint density at radius 3 is 3.05 bits per heavy atom. The fourth-order valence-corrected chi connectivity index (χ4v) is 2.61. The number of esters is 1. The smallest absolute Gasteiger partial charge is 0.337 e. The quantitative estimate of drug-likeness (QED) is 0.293. The van der Waals surface area contributed by atoms with E-state index in [-0.39, 0.29) is 6.61 Å². The van der Waals surface area contributed by atoms with Crippen molar-refractivity contribution in [1.82, 2.24) is 10.3 Å². The lowest BCUT2D eigenvalue weighted by Crippen LogP contribution is -2.35. The van der Waals surface area contributed by atoms with Crippen molar-refractivity contribution in [3.05, 3.63) is 59.6 Å². The molecule has 0 saturated heterocycles. The van der Waals surface area contributed by atoms with Crippen LogP contribution in [0, 0.1) is 5.41 Å². The fourth-order valence-electron chi connectivity index (χ4n) is 2.29. The number of hydrogen-bond donors (Lipinski definition) is 2. The van der Waals surface area contributed by atoms with E-state index in [1.165, 1.54) is 6.08 Å². The van der Waals surface area contributed by atoms with Gasteiger partial charge in [0.05, 0.1) is 17.1 Å². The van der Waals surface area contributed by atoms with Gasteiger partial charge in [0.1, 0.15) is 11.6 Å². The number of thiocarbonyl (C=S) groups is 1. The molecule has 2 N–H and O–H groups in total. The first kappa shape index (κ1) is 15.8. The van der Waals surface area contributed by atoms with E-state index in [0.717, 1.165) is 5.56 Å². The van der Waals surface area contributed by atoms with Crippen LogP contribution in [0.2, 0.25) is 0 Å². The average Bonchev–Trinajstić information content (AvgIpc) is 2.52. The minimum Gasteiger partial charge on any atom is -0.458 e. The number of hydrogen-bond acceptors (Lipinski definition) is 5. The zero-order valence-corrected chi connectivity index (χ0v) is 12.9. The van der Waals surface area contributed by atoms with Gasteiger partial charge in [0.15, 0.2) is 0 Å². The molecule has 1 unspecified atom stereocenters. The molecule has 2 rings (SSSR count). The molecule has 112 valence electrons. The van der Waals surface area contributed by atoms with Gasteiger partial charge in [-0.1, -0.05) is 30.9 Å². The maximum atomic E-state index is 12.4. The summed E-state index contributed by atoms with van der Waals surface area (Å²) in [5.41, 5.74) is 2.18. The first-order chi connectivity index (χ1) is 10.6. The summed E-state index contributed by atoms with van der Waals surface area (Å²) in [7, 11) is 0. The Morgan fingerprint density at radius 2 is 2.45 bits per heavy atom. The maximum Gasteiger partial charge on any atom is 0.337 e. The second-order valence-corrected chi connectivity index (χ2v) is 5.05. The van der Waals surface area contributed by atoms with E-state index in [1.54, 1.807) is 25.4 Å². The summed E-state index contributed by atoms with van der Waals surface area (Å²) in [6.07, 6.45) is 4.79. The van der Waals surface area contributed by atoms with Crippen molar-refractivity contribution in [3.63, 3.8) is 0 Å². The van der Waals surface area contributed by atoms with Crippen molar-refractivity contribution in [2.75, 3.05) is 6.61 Å². The van der Waals surface area contributed by atoms with Crippen LogP contribution >= 0.6 is 12.2 Å². The van der Waals surface area contributed by atoms with Gasteiger partial charge in [-0.15, -0.1) is 0 Å². The van der Waals surface area contributed by atoms with E-state index in [4.69, 9.17) is 22.4 Å². The molecule has 0 bridgehead atoms. The third-order valence-corrected chi connectivity index (χ3v) is 3.55. The Morgan fingerprint density at radius 1 is 1.68 bits per heavy atom. The minimum atomic E-state index is -0.516. The first-order valence-corrected chi connectivity index (χ1v) is 7.00. The molecule has 1 aromatic heterocycles. The molecule has 0 aliphatic carbocycles. The number of carbonyl (C=O) groups is 1. The lowest BCUT2D eigenvalue weighted by atomic mass is 9.82. The Kier molecular flexibility index (Phi) is 4.99. The summed E-state index contributed by atoms with van der Waals surface area (Å²) >= 11 is 5.25. The molecule has 5 nitrogen and oxygen atoms in total. The molecule has 1 atom stereocenters. The number of nitrogens with zero attached hydrogens (tertiary/aromatic N) is 1. The predicted octanol–water partition coefficient (Wildman–Crippen LogP) is 2.27. The highest BCUT2D eigenvalue weighted by Gasteiger charge is 2.35. The van der Waals surface area contributed by atoms with Gasteiger partial charge >= 0.3 is 5.97 Å². The van der Waals surface area contributed by atoms with Crippen LogP contribution in [0.5, 0.6) is 0 Å². The van der Waals surface area contributed by atoms with E-state index >= 15 is 0 Å². The van der Waals surface area contributed by atoms with Crippen LogP contribution in [0.3, 0.4) is 0 Å². The Bertz CT molecular complexity index is 703. The highest BCUT2D eigenvalue weighted by Crippen LogP contribution is 2.36. The standard InChI is InChI=1S/C16H15N3O2S/c1-3-7-21-16(20)13-10(2)19-15(22)12(8-17)14(13)11-5-4-6-18-9-11/h3-6,9,14,17H,1,7H2,2H3,(H,19,22).